The zero-order chi connectivity index (χ0) is 19.6. The van der Waals surface area contributed by atoms with Crippen molar-refractivity contribution in [3.63, 3.8) is 0 Å². The summed E-state index contributed by atoms with van der Waals surface area (Å²) in [6.07, 6.45) is 8.20. The van der Waals surface area contributed by atoms with Gasteiger partial charge in [0.1, 0.15) is 17.2 Å². The molecule has 0 spiro atoms. The summed E-state index contributed by atoms with van der Waals surface area (Å²) in [7, 11) is 0. The van der Waals surface area contributed by atoms with E-state index in [1.54, 1.807) is 6.20 Å². The number of fused-ring (bicyclic) bond motifs is 1. The van der Waals surface area contributed by atoms with E-state index in [0.29, 0.717) is 6.04 Å². The van der Waals surface area contributed by atoms with Crippen LogP contribution in [0.15, 0.2) is 47.0 Å². The molecule has 1 N–H and O–H groups in total. The molecule has 0 radical (unpaired) electrons. The largest absolute Gasteiger partial charge is 0.460 e. The van der Waals surface area contributed by atoms with E-state index in [-0.39, 0.29) is 11.8 Å². The summed E-state index contributed by atoms with van der Waals surface area (Å²) in [4.78, 5) is 14.9. The van der Waals surface area contributed by atoms with Gasteiger partial charge in [-0.15, -0.1) is 0 Å². The highest BCUT2D eigenvalue weighted by Crippen LogP contribution is 2.29. The van der Waals surface area contributed by atoms with E-state index in [4.69, 9.17) is 4.42 Å². The minimum atomic E-state index is 0.159. The molecule has 0 bridgehead atoms. The Hall–Kier alpha value is -2.60. The summed E-state index contributed by atoms with van der Waals surface area (Å²) < 4.78 is 7.99. The van der Waals surface area contributed by atoms with E-state index in [1.807, 2.05) is 28.9 Å². The minimum absolute atomic E-state index is 0.159. The van der Waals surface area contributed by atoms with E-state index in [1.165, 1.54) is 12.8 Å². The number of hydrogen-bond acceptors (Lipinski definition) is 4. The number of benzene rings is 1. The van der Waals surface area contributed by atoms with Crippen molar-refractivity contribution in [3.8, 4) is 0 Å². The van der Waals surface area contributed by atoms with Crippen molar-refractivity contribution in [3.05, 3.63) is 48.4 Å². The Balaban J connectivity index is 1.19. The van der Waals surface area contributed by atoms with Crippen LogP contribution in [0.2, 0.25) is 0 Å². The number of amides is 1. The van der Waals surface area contributed by atoms with Gasteiger partial charge in [0.2, 0.25) is 5.91 Å². The molecule has 1 aliphatic heterocycles. The average Bonchev–Trinajstić information content (AvgIpc) is 3.49. The molecule has 1 saturated heterocycles. The lowest BCUT2D eigenvalue weighted by atomic mass is 10.0. The fraction of sp³-hybridized carbons (Fsp3) is 0.478. The number of aromatic nitrogens is 2. The molecule has 0 unspecified atom stereocenters. The van der Waals surface area contributed by atoms with Gasteiger partial charge < -0.3 is 9.73 Å². The molecular formula is C23H28N4O2. The van der Waals surface area contributed by atoms with Gasteiger partial charge >= 0.3 is 0 Å². The van der Waals surface area contributed by atoms with E-state index in [0.717, 1.165) is 67.9 Å². The monoisotopic (exact) mass is 392 g/mol. The van der Waals surface area contributed by atoms with Gasteiger partial charge in [0, 0.05) is 30.5 Å². The molecule has 0 atom stereocenters. The molecule has 1 aliphatic carbocycles. The molecule has 2 aromatic heterocycles. The average molecular weight is 393 g/mol. The number of likely N-dealkylation sites (tertiary alicyclic amines) is 1. The molecule has 5 rings (SSSR count). The summed E-state index contributed by atoms with van der Waals surface area (Å²) in [6, 6.07) is 12.6. The van der Waals surface area contributed by atoms with Crippen LogP contribution in [0.4, 0.5) is 5.82 Å². The van der Waals surface area contributed by atoms with Crippen LogP contribution in [0.25, 0.3) is 11.0 Å². The Bertz CT molecular complexity index is 945. The number of nitrogens with one attached hydrogen (secondary N) is 1. The van der Waals surface area contributed by atoms with Crippen LogP contribution in [0.5, 0.6) is 0 Å². The lowest BCUT2D eigenvalue weighted by Gasteiger charge is -2.32. The smallest absolute Gasteiger partial charge is 0.228 e. The first-order valence-corrected chi connectivity index (χ1v) is 10.8. The summed E-state index contributed by atoms with van der Waals surface area (Å²) in [6.45, 7) is 2.83. The molecule has 29 heavy (non-hydrogen) atoms. The number of carbonyl (C=O) groups excluding carboxylic acids is 1. The third kappa shape index (κ3) is 3.94. The number of carbonyl (C=O) groups is 1. The summed E-state index contributed by atoms with van der Waals surface area (Å²) >= 11 is 0. The predicted octanol–water partition coefficient (Wildman–Crippen LogP) is 4.60. The SMILES string of the molecule is O=C(Nc1ccnn1C1CCN(Cc2cc3ccccc3o2)CC1)C1CCCC1. The van der Waals surface area contributed by atoms with Gasteiger partial charge in [-0.1, -0.05) is 31.0 Å². The molecule has 1 aromatic carbocycles. The van der Waals surface area contributed by atoms with Crippen LogP contribution < -0.4 is 5.32 Å². The molecule has 3 aromatic rings. The summed E-state index contributed by atoms with van der Waals surface area (Å²) in [5.74, 6) is 2.20. The van der Waals surface area contributed by atoms with Crippen LogP contribution in [0.1, 0.15) is 50.3 Å². The molecule has 2 fully saturated rings. The van der Waals surface area contributed by atoms with Gasteiger partial charge in [-0.3, -0.25) is 9.69 Å². The fourth-order valence-corrected chi connectivity index (χ4v) is 4.78. The van der Waals surface area contributed by atoms with Crippen molar-refractivity contribution in [1.82, 2.24) is 14.7 Å². The van der Waals surface area contributed by atoms with Crippen molar-refractivity contribution in [2.24, 2.45) is 5.92 Å². The van der Waals surface area contributed by atoms with E-state index in [2.05, 4.69) is 27.4 Å². The summed E-state index contributed by atoms with van der Waals surface area (Å²) in [5, 5.41) is 8.81. The van der Waals surface area contributed by atoms with Crippen molar-refractivity contribution in [2.45, 2.75) is 51.1 Å². The summed E-state index contributed by atoms with van der Waals surface area (Å²) in [5.41, 5.74) is 0.955. The molecule has 1 amide bonds. The van der Waals surface area contributed by atoms with Gasteiger partial charge in [-0.05, 0) is 37.8 Å². The Morgan fingerprint density at radius 3 is 2.69 bits per heavy atom. The zero-order valence-corrected chi connectivity index (χ0v) is 16.7. The van der Waals surface area contributed by atoms with E-state index >= 15 is 0 Å². The Kier molecular flexibility index (Phi) is 5.10. The Labute approximate surface area is 170 Å². The zero-order valence-electron chi connectivity index (χ0n) is 16.7. The number of nitrogens with zero attached hydrogens (tertiary/aromatic N) is 3. The highest BCUT2D eigenvalue weighted by atomic mass is 16.3. The van der Waals surface area contributed by atoms with Gasteiger partial charge in [0.25, 0.3) is 0 Å². The fourth-order valence-electron chi connectivity index (χ4n) is 4.78. The third-order valence-electron chi connectivity index (χ3n) is 6.41. The van der Waals surface area contributed by atoms with Crippen molar-refractivity contribution < 1.29 is 9.21 Å². The second-order valence-electron chi connectivity index (χ2n) is 8.39. The number of hydrogen-bond donors (Lipinski definition) is 1. The third-order valence-corrected chi connectivity index (χ3v) is 6.41. The van der Waals surface area contributed by atoms with Crippen molar-refractivity contribution >= 4 is 22.7 Å². The first kappa shape index (κ1) is 18.4. The van der Waals surface area contributed by atoms with Crippen LogP contribution >= 0.6 is 0 Å². The second-order valence-corrected chi connectivity index (χ2v) is 8.39. The maximum Gasteiger partial charge on any atom is 0.228 e. The minimum Gasteiger partial charge on any atom is -0.460 e. The standard InChI is InChI=1S/C23H28N4O2/c28-23(17-5-1-2-6-17)25-22-9-12-24-27(22)19-10-13-26(14-11-19)16-20-15-18-7-3-4-8-21(18)29-20/h3-4,7-9,12,15,17,19H,1-2,5-6,10-11,13-14,16H2,(H,25,28). The Morgan fingerprint density at radius 2 is 1.90 bits per heavy atom. The molecule has 3 heterocycles. The van der Waals surface area contributed by atoms with E-state index < -0.39 is 0 Å². The molecule has 1 saturated carbocycles. The van der Waals surface area contributed by atoms with E-state index in [9.17, 15) is 4.79 Å². The molecule has 2 aliphatic rings. The maximum absolute atomic E-state index is 12.5. The van der Waals surface area contributed by atoms with Crippen LogP contribution in [-0.2, 0) is 11.3 Å². The normalized spacial score (nSPS) is 19.2. The number of para-hydroxylation sites is 1. The Morgan fingerprint density at radius 1 is 1.10 bits per heavy atom. The van der Waals surface area contributed by atoms with Gasteiger partial charge in [-0.25, -0.2) is 4.68 Å². The highest BCUT2D eigenvalue weighted by Gasteiger charge is 2.26. The van der Waals surface area contributed by atoms with Gasteiger partial charge in [0.15, 0.2) is 0 Å². The topological polar surface area (TPSA) is 63.3 Å². The quantitative estimate of drug-likeness (QED) is 0.689. The first-order valence-electron chi connectivity index (χ1n) is 10.8. The number of rotatable bonds is 5. The second kappa shape index (κ2) is 8.03. The molecule has 6 nitrogen and oxygen atoms in total. The number of furan rings is 1. The molecule has 152 valence electrons. The molecular weight excluding hydrogens is 364 g/mol. The predicted molar refractivity (Wildman–Crippen MR) is 113 cm³/mol. The van der Waals surface area contributed by atoms with Gasteiger partial charge in [-0.2, -0.15) is 5.10 Å². The van der Waals surface area contributed by atoms with Crippen LogP contribution in [0, 0.1) is 5.92 Å². The maximum atomic E-state index is 12.5. The lowest BCUT2D eigenvalue weighted by molar-refractivity contribution is -0.119. The van der Waals surface area contributed by atoms with Crippen LogP contribution in [-0.4, -0.2) is 33.7 Å². The van der Waals surface area contributed by atoms with Crippen molar-refractivity contribution in [2.75, 3.05) is 18.4 Å². The van der Waals surface area contributed by atoms with Crippen LogP contribution in [0.3, 0.4) is 0 Å². The number of anilines is 1. The highest BCUT2D eigenvalue weighted by molar-refractivity contribution is 5.91. The first-order chi connectivity index (χ1) is 14.3. The van der Waals surface area contributed by atoms with Crippen molar-refractivity contribution in [1.29, 1.82) is 0 Å². The van der Waals surface area contributed by atoms with Gasteiger partial charge in [0.05, 0.1) is 18.8 Å². The number of piperidine rings is 1. The lowest BCUT2D eigenvalue weighted by Crippen LogP contribution is -2.35. The molecule has 6 heteroatoms.